The molecule has 5 rings (SSSR count). The van der Waals surface area contributed by atoms with Crippen LogP contribution in [0.1, 0.15) is 40.7 Å². The van der Waals surface area contributed by atoms with E-state index in [9.17, 15) is 9.59 Å². The molecule has 0 radical (unpaired) electrons. The summed E-state index contributed by atoms with van der Waals surface area (Å²) >= 11 is 0. The van der Waals surface area contributed by atoms with Gasteiger partial charge in [-0.25, -0.2) is 9.78 Å². The molecule has 1 spiro atoms. The van der Waals surface area contributed by atoms with Crippen molar-refractivity contribution in [3.05, 3.63) is 90.0 Å². The van der Waals surface area contributed by atoms with Gasteiger partial charge in [-0.1, -0.05) is 42.5 Å². The fraction of sp³-hybridized carbons (Fsp3) is 0.370. The molecule has 2 fully saturated rings. The fourth-order valence-electron chi connectivity index (χ4n) is 4.98. The summed E-state index contributed by atoms with van der Waals surface area (Å²) in [5.41, 5.74) is 2.48. The molecule has 1 atom stereocenters. The van der Waals surface area contributed by atoms with Crippen molar-refractivity contribution in [2.45, 2.75) is 37.8 Å². The van der Waals surface area contributed by atoms with Crippen LogP contribution in [-0.2, 0) is 17.7 Å². The van der Waals surface area contributed by atoms with Gasteiger partial charge in [0.15, 0.2) is 0 Å². The standard InChI is InChI=1S/C27H30N4O3/c32-25(24-9-4-8-23(18-24)19-29-17-13-28-21-29)30-14-5-11-27(12-16-30)20-31(26(33)34-27)15-10-22-6-2-1-3-7-22/h1-4,6-9,13,17-18,21H,5,10-12,14-16,19-20H2/t27-/m0/s1. The molecule has 7 heteroatoms. The van der Waals surface area contributed by atoms with Crippen LogP contribution in [0.3, 0.4) is 0 Å². The van der Waals surface area contributed by atoms with E-state index in [1.54, 1.807) is 12.5 Å². The average molecular weight is 459 g/mol. The van der Waals surface area contributed by atoms with Gasteiger partial charge in [-0.3, -0.25) is 4.79 Å². The number of nitrogens with zero attached hydrogens (tertiary/aromatic N) is 4. The molecule has 2 aliphatic heterocycles. The molecule has 2 amide bonds. The van der Waals surface area contributed by atoms with Gasteiger partial charge in [0.1, 0.15) is 5.60 Å². The Morgan fingerprint density at radius 2 is 1.88 bits per heavy atom. The molecule has 0 aliphatic carbocycles. The maximum Gasteiger partial charge on any atom is 0.410 e. The third-order valence-electron chi connectivity index (χ3n) is 6.84. The molecular formula is C27H30N4O3. The van der Waals surface area contributed by atoms with E-state index in [4.69, 9.17) is 4.74 Å². The van der Waals surface area contributed by atoms with Crippen LogP contribution in [0.2, 0.25) is 0 Å². The number of carbonyl (C=O) groups is 2. The van der Waals surface area contributed by atoms with Gasteiger partial charge < -0.3 is 19.1 Å². The quantitative estimate of drug-likeness (QED) is 0.560. The minimum Gasteiger partial charge on any atom is -0.441 e. The fourth-order valence-corrected chi connectivity index (χ4v) is 4.98. The number of aromatic nitrogens is 2. The Hall–Kier alpha value is -3.61. The minimum absolute atomic E-state index is 0.0368. The van der Waals surface area contributed by atoms with Gasteiger partial charge in [-0.05, 0) is 42.5 Å². The molecule has 0 unspecified atom stereocenters. The Kier molecular flexibility index (Phi) is 6.34. The Labute approximate surface area is 200 Å². The molecule has 0 saturated carbocycles. The minimum atomic E-state index is -0.494. The number of rotatable bonds is 6. The molecular weight excluding hydrogens is 428 g/mol. The van der Waals surface area contributed by atoms with E-state index in [1.807, 2.05) is 63.0 Å². The monoisotopic (exact) mass is 458 g/mol. The number of likely N-dealkylation sites (tertiary alicyclic amines) is 1. The van der Waals surface area contributed by atoms with Crippen molar-refractivity contribution in [1.82, 2.24) is 19.4 Å². The van der Waals surface area contributed by atoms with Gasteiger partial charge in [-0.2, -0.15) is 0 Å². The molecule has 2 aliphatic rings. The van der Waals surface area contributed by atoms with E-state index in [2.05, 4.69) is 17.1 Å². The van der Waals surface area contributed by atoms with Crippen LogP contribution in [0, 0.1) is 0 Å². The van der Waals surface area contributed by atoms with Crippen LogP contribution in [0.4, 0.5) is 4.79 Å². The van der Waals surface area contributed by atoms with Crippen molar-refractivity contribution in [3.8, 4) is 0 Å². The first kappa shape index (κ1) is 22.2. The van der Waals surface area contributed by atoms with Gasteiger partial charge >= 0.3 is 6.09 Å². The van der Waals surface area contributed by atoms with Gasteiger partial charge in [0.2, 0.25) is 0 Å². The van der Waals surface area contributed by atoms with Crippen molar-refractivity contribution in [2.24, 2.45) is 0 Å². The van der Waals surface area contributed by atoms with E-state index in [1.165, 1.54) is 5.56 Å². The van der Waals surface area contributed by atoms with E-state index in [0.29, 0.717) is 44.7 Å². The summed E-state index contributed by atoms with van der Waals surface area (Å²) in [5, 5.41) is 0. The first-order valence-corrected chi connectivity index (χ1v) is 12.0. The second-order valence-electron chi connectivity index (χ2n) is 9.29. The normalized spacial score (nSPS) is 20.4. The molecule has 34 heavy (non-hydrogen) atoms. The van der Waals surface area contributed by atoms with Crippen LogP contribution >= 0.6 is 0 Å². The maximum atomic E-state index is 13.3. The van der Waals surface area contributed by atoms with Crippen molar-refractivity contribution in [3.63, 3.8) is 0 Å². The average Bonchev–Trinajstić information content (AvgIpc) is 3.42. The largest absolute Gasteiger partial charge is 0.441 e. The van der Waals surface area contributed by atoms with E-state index < -0.39 is 5.60 Å². The number of benzene rings is 2. The van der Waals surface area contributed by atoms with Crippen LogP contribution in [0.15, 0.2) is 73.3 Å². The lowest BCUT2D eigenvalue weighted by molar-refractivity contribution is 0.0438. The summed E-state index contributed by atoms with van der Waals surface area (Å²) in [7, 11) is 0. The van der Waals surface area contributed by atoms with E-state index >= 15 is 0 Å². The number of hydrogen-bond donors (Lipinski definition) is 0. The molecule has 2 saturated heterocycles. The molecule has 0 bridgehead atoms. The van der Waals surface area contributed by atoms with Crippen LogP contribution in [-0.4, -0.2) is 63.1 Å². The summed E-state index contributed by atoms with van der Waals surface area (Å²) in [5.74, 6) is 0.0368. The Bertz CT molecular complexity index is 1130. The Balaban J connectivity index is 1.20. The van der Waals surface area contributed by atoms with E-state index in [0.717, 1.165) is 24.8 Å². The Morgan fingerprint density at radius 1 is 1.03 bits per heavy atom. The van der Waals surface area contributed by atoms with Crippen molar-refractivity contribution < 1.29 is 14.3 Å². The molecule has 2 aromatic carbocycles. The highest BCUT2D eigenvalue weighted by atomic mass is 16.6. The molecule has 3 heterocycles. The lowest BCUT2D eigenvalue weighted by Crippen LogP contribution is -2.37. The third kappa shape index (κ3) is 4.98. The predicted octanol–water partition coefficient (Wildman–Crippen LogP) is 3.99. The second-order valence-corrected chi connectivity index (χ2v) is 9.29. The summed E-state index contributed by atoms with van der Waals surface area (Å²) in [6.45, 7) is 3.19. The van der Waals surface area contributed by atoms with Crippen molar-refractivity contribution in [1.29, 1.82) is 0 Å². The molecule has 176 valence electrons. The number of ether oxygens (including phenoxy) is 1. The van der Waals surface area contributed by atoms with Crippen LogP contribution < -0.4 is 0 Å². The topological polar surface area (TPSA) is 67.7 Å². The highest BCUT2D eigenvalue weighted by molar-refractivity contribution is 5.94. The first-order chi connectivity index (χ1) is 16.6. The van der Waals surface area contributed by atoms with Crippen LogP contribution in [0.25, 0.3) is 0 Å². The summed E-state index contributed by atoms with van der Waals surface area (Å²) in [6, 6.07) is 18.0. The summed E-state index contributed by atoms with van der Waals surface area (Å²) < 4.78 is 7.91. The molecule has 7 nitrogen and oxygen atoms in total. The zero-order valence-corrected chi connectivity index (χ0v) is 19.3. The third-order valence-corrected chi connectivity index (χ3v) is 6.84. The first-order valence-electron chi connectivity index (χ1n) is 12.0. The predicted molar refractivity (Wildman–Crippen MR) is 128 cm³/mol. The van der Waals surface area contributed by atoms with Gasteiger partial charge in [0, 0.05) is 50.6 Å². The summed E-state index contributed by atoms with van der Waals surface area (Å²) in [6.07, 6.45) is 8.28. The highest BCUT2D eigenvalue weighted by Gasteiger charge is 2.45. The molecule has 3 aromatic rings. The molecule has 0 N–H and O–H groups in total. The van der Waals surface area contributed by atoms with E-state index in [-0.39, 0.29) is 12.0 Å². The lowest BCUT2D eigenvalue weighted by Gasteiger charge is -2.25. The summed E-state index contributed by atoms with van der Waals surface area (Å²) in [4.78, 5) is 33.7. The lowest BCUT2D eigenvalue weighted by atomic mass is 9.95. The van der Waals surface area contributed by atoms with Gasteiger partial charge in [0.05, 0.1) is 12.9 Å². The van der Waals surface area contributed by atoms with Gasteiger partial charge in [-0.15, -0.1) is 0 Å². The van der Waals surface area contributed by atoms with Crippen molar-refractivity contribution in [2.75, 3.05) is 26.2 Å². The number of imidazole rings is 1. The Morgan fingerprint density at radius 3 is 2.71 bits per heavy atom. The smallest absolute Gasteiger partial charge is 0.410 e. The van der Waals surface area contributed by atoms with Crippen molar-refractivity contribution >= 4 is 12.0 Å². The van der Waals surface area contributed by atoms with Gasteiger partial charge in [0.25, 0.3) is 5.91 Å². The zero-order chi connectivity index (χ0) is 23.4. The highest BCUT2D eigenvalue weighted by Crippen LogP contribution is 2.33. The second kappa shape index (κ2) is 9.71. The zero-order valence-electron chi connectivity index (χ0n) is 19.3. The SMILES string of the molecule is O=C1O[C@]2(CCCN(C(=O)c3cccc(Cn4ccnc4)c3)CC2)CN1CCc1ccccc1. The number of amides is 2. The van der Waals surface area contributed by atoms with Crippen LogP contribution in [0.5, 0.6) is 0 Å². The molecule has 1 aromatic heterocycles. The maximum absolute atomic E-state index is 13.3. The number of carbonyl (C=O) groups excluding carboxylic acids is 2. The number of hydrogen-bond acceptors (Lipinski definition) is 4.